The Bertz CT molecular complexity index is 452. The lowest BCUT2D eigenvalue weighted by atomic mass is 10.0. The lowest BCUT2D eigenvalue weighted by Gasteiger charge is -2.34. The molecule has 2 rings (SSSR count). The molecule has 2 fully saturated rings. The van der Waals surface area contributed by atoms with Gasteiger partial charge in [0.05, 0.1) is 6.10 Å². The molecule has 1 unspecified atom stereocenters. The van der Waals surface area contributed by atoms with Crippen LogP contribution in [0.15, 0.2) is 0 Å². The van der Waals surface area contributed by atoms with E-state index in [-0.39, 0.29) is 18.9 Å². The van der Waals surface area contributed by atoms with Gasteiger partial charge in [-0.3, -0.25) is 4.79 Å². The maximum atomic E-state index is 12.5. The summed E-state index contributed by atoms with van der Waals surface area (Å²) in [4.78, 5) is 11.1. The van der Waals surface area contributed by atoms with E-state index in [0.717, 1.165) is 17.1 Å². The highest BCUT2D eigenvalue weighted by Crippen LogP contribution is 2.27. The van der Waals surface area contributed by atoms with Gasteiger partial charge < -0.3 is 10.2 Å². The minimum absolute atomic E-state index is 0.0437. The second kappa shape index (κ2) is 5.35. The monoisotopic (exact) mass is 292 g/mol. The van der Waals surface area contributed by atoms with Crippen LogP contribution in [0, 0.1) is 5.92 Å². The summed E-state index contributed by atoms with van der Waals surface area (Å²) in [5.41, 5.74) is 0. The van der Waals surface area contributed by atoms with Gasteiger partial charge in [0.1, 0.15) is 6.04 Å². The normalized spacial score (nSPS) is 34.5. The van der Waals surface area contributed by atoms with Crippen molar-refractivity contribution < 1.29 is 23.4 Å². The summed E-state index contributed by atoms with van der Waals surface area (Å²) in [7, 11) is -3.80. The van der Waals surface area contributed by atoms with Crippen LogP contribution in [-0.4, -0.2) is 65.0 Å². The molecule has 3 atom stereocenters. The molecular formula is C11H20N2O5S. The number of carboxylic acid groups (broad SMARTS) is 1. The van der Waals surface area contributed by atoms with Crippen molar-refractivity contribution in [2.75, 3.05) is 19.6 Å². The van der Waals surface area contributed by atoms with Gasteiger partial charge in [-0.25, -0.2) is 0 Å². The Balaban J connectivity index is 2.20. The van der Waals surface area contributed by atoms with E-state index in [1.165, 1.54) is 4.31 Å². The van der Waals surface area contributed by atoms with Crippen LogP contribution in [0.3, 0.4) is 0 Å². The first-order chi connectivity index (χ1) is 8.82. The van der Waals surface area contributed by atoms with E-state index in [1.54, 1.807) is 0 Å². The molecule has 0 saturated carbocycles. The molecule has 0 bridgehead atoms. The van der Waals surface area contributed by atoms with Crippen LogP contribution in [0.2, 0.25) is 0 Å². The molecule has 2 N–H and O–H groups in total. The van der Waals surface area contributed by atoms with Crippen LogP contribution in [0.25, 0.3) is 0 Å². The lowest BCUT2D eigenvalue weighted by Crippen LogP contribution is -2.51. The molecule has 0 spiro atoms. The van der Waals surface area contributed by atoms with E-state index in [4.69, 9.17) is 5.11 Å². The zero-order valence-corrected chi connectivity index (χ0v) is 11.7. The van der Waals surface area contributed by atoms with Crippen molar-refractivity contribution in [2.45, 2.75) is 38.3 Å². The summed E-state index contributed by atoms with van der Waals surface area (Å²) in [6, 6.07) is -1.16. The summed E-state index contributed by atoms with van der Waals surface area (Å²) >= 11 is 0. The maximum Gasteiger partial charge on any atom is 0.322 e. The number of β-amino-alcohol motifs (C(OH)–C–C–N with tert-alkyl or cyclic N) is 1. The topological polar surface area (TPSA) is 98.2 Å². The quantitative estimate of drug-likeness (QED) is 0.729. The Morgan fingerprint density at radius 3 is 2.58 bits per heavy atom. The third kappa shape index (κ3) is 2.91. The van der Waals surface area contributed by atoms with E-state index >= 15 is 0 Å². The molecule has 0 aliphatic carbocycles. The van der Waals surface area contributed by atoms with Gasteiger partial charge in [0.2, 0.25) is 0 Å². The summed E-state index contributed by atoms with van der Waals surface area (Å²) in [6.45, 7) is 2.69. The predicted octanol–water partition coefficient (Wildman–Crippen LogP) is -0.517. The molecule has 0 amide bonds. The fraction of sp³-hybridized carbons (Fsp3) is 0.909. The smallest absolute Gasteiger partial charge is 0.322 e. The largest absolute Gasteiger partial charge is 0.480 e. The van der Waals surface area contributed by atoms with Crippen LogP contribution in [0.4, 0.5) is 0 Å². The van der Waals surface area contributed by atoms with Gasteiger partial charge >= 0.3 is 5.97 Å². The standard InChI is InChI=1S/C11H20N2O5S/c1-8-3-2-4-12(6-8)19(17,18)13-7-9(14)5-10(13)11(15)16/h8-10,14H,2-7H2,1H3,(H,15,16)/t8?,9-,10-/m1/s1. The van der Waals surface area contributed by atoms with Crippen LogP contribution < -0.4 is 0 Å². The molecule has 0 aromatic rings. The molecular weight excluding hydrogens is 272 g/mol. The van der Waals surface area contributed by atoms with Crippen molar-refractivity contribution in [1.29, 1.82) is 0 Å². The van der Waals surface area contributed by atoms with Crippen LogP contribution in [-0.2, 0) is 15.0 Å². The Kier molecular flexibility index (Phi) is 4.14. The van der Waals surface area contributed by atoms with E-state index in [2.05, 4.69) is 0 Å². The van der Waals surface area contributed by atoms with Gasteiger partial charge in [-0.15, -0.1) is 0 Å². The second-order valence-electron chi connectivity index (χ2n) is 5.43. The number of nitrogens with zero attached hydrogens (tertiary/aromatic N) is 2. The molecule has 8 heteroatoms. The van der Waals surface area contributed by atoms with Crippen molar-refractivity contribution in [3.8, 4) is 0 Å². The van der Waals surface area contributed by atoms with E-state index in [1.807, 2.05) is 6.92 Å². The Morgan fingerprint density at radius 1 is 1.32 bits per heavy atom. The van der Waals surface area contributed by atoms with Gasteiger partial charge in [0.15, 0.2) is 0 Å². The fourth-order valence-electron chi connectivity index (χ4n) is 2.77. The third-order valence-corrected chi connectivity index (χ3v) is 5.74. The highest BCUT2D eigenvalue weighted by molar-refractivity contribution is 7.86. The fourth-order valence-corrected chi connectivity index (χ4v) is 4.73. The van der Waals surface area contributed by atoms with Gasteiger partial charge in [-0.2, -0.15) is 17.0 Å². The van der Waals surface area contributed by atoms with Crippen LogP contribution >= 0.6 is 0 Å². The zero-order valence-electron chi connectivity index (χ0n) is 10.9. The molecule has 0 aromatic carbocycles. The number of aliphatic carboxylic acids is 1. The van der Waals surface area contributed by atoms with Crippen molar-refractivity contribution >= 4 is 16.2 Å². The van der Waals surface area contributed by atoms with Gasteiger partial charge in [-0.1, -0.05) is 6.92 Å². The second-order valence-corrected chi connectivity index (χ2v) is 7.31. The first-order valence-corrected chi connectivity index (χ1v) is 7.90. The number of hydrogen-bond donors (Lipinski definition) is 2. The minimum atomic E-state index is -3.80. The SMILES string of the molecule is CC1CCCN(S(=O)(=O)N2C[C@H](O)C[C@@H]2C(=O)O)C1. The van der Waals surface area contributed by atoms with E-state index in [9.17, 15) is 18.3 Å². The highest BCUT2D eigenvalue weighted by atomic mass is 32.2. The van der Waals surface area contributed by atoms with Crippen molar-refractivity contribution in [3.05, 3.63) is 0 Å². The van der Waals surface area contributed by atoms with Crippen molar-refractivity contribution in [1.82, 2.24) is 8.61 Å². The average molecular weight is 292 g/mol. The average Bonchev–Trinajstić information content (AvgIpc) is 2.72. The first-order valence-electron chi connectivity index (χ1n) is 6.50. The van der Waals surface area contributed by atoms with Gasteiger partial charge in [0.25, 0.3) is 10.2 Å². The molecule has 0 radical (unpaired) electrons. The van der Waals surface area contributed by atoms with Crippen molar-refractivity contribution in [3.63, 3.8) is 0 Å². The molecule has 2 saturated heterocycles. The Hall–Kier alpha value is -0.700. The molecule has 2 aliphatic rings. The maximum absolute atomic E-state index is 12.5. The third-order valence-electron chi connectivity index (χ3n) is 3.76. The van der Waals surface area contributed by atoms with Gasteiger partial charge in [-0.05, 0) is 18.8 Å². The lowest BCUT2D eigenvalue weighted by molar-refractivity contribution is -0.140. The molecule has 0 aromatic heterocycles. The summed E-state index contributed by atoms with van der Waals surface area (Å²) in [5, 5.41) is 18.6. The van der Waals surface area contributed by atoms with Crippen LogP contribution in [0.5, 0.6) is 0 Å². The summed E-state index contributed by atoms with van der Waals surface area (Å²) < 4.78 is 27.2. The Labute approximate surface area is 113 Å². The minimum Gasteiger partial charge on any atom is -0.480 e. The highest BCUT2D eigenvalue weighted by Gasteiger charge is 2.45. The molecule has 19 heavy (non-hydrogen) atoms. The van der Waals surface area contributed by atoms with Crippen molar-refractivity contribution in [2.24, 2.45) is 5.92 Å². The Morgan fingerprint density at radius 2 is 2.00 bits per heavy atom. The molecule has 7 nitrogen and oxygen atoms in total. The predicted molar refractivity (Wildman–Crippen MR) is 67.6 cm³/mol. The van der Waals surface area contributed by atoms with E-state index < -0.39 is 28.3 Å². The molecule has 110 valence electrons. The number of piperidine rings is 1. The molecule has 2 aliphatic heterocycles. The summed E-state index contributed by atoms with van der Waals surface area (Å²) in [5.74, 6) is -0.926. The number of hydrogen-bond acceptors (Lipinski definition) is 4. The number of aliphatic hydroxyl groups excluding tert-OH is 1. The number of carbonyl (C=O) groups is 1. The zero-order chi connectivity index (χ0) is 14.2. The van der Waals surface area contributed by atoms with E-state index in [0.29, 0.717) is 13.1 Å². The number of carboxylic acids is 1. The number of aliphatic hydroxyl groups is 1. The summed E-state index contributed by atoms with van der Waals surface area (Å²) in [6.07, 6.45) is 0.821. The van der Waals surface area contributed by atoms with Gasteiger partial charge in [0, 0.05) is 26.1 Å². The number of rotatable bonds is 3. The van der Waals surface area contributed by atoms with Crippen LogP contribution in [0.1, 0.15) is 26.2 Å². The first kappa shape index (κ1) is 14.7. The molecule has 2 heterocycles.